The molecule has 1 aliphatic heterocycles. The predicted molar refractivity (Wildman–Crippen MR) is 63.5 cm³/mol. The highest BCUT2D eigenvalue weighted by Gasteiger charge is 2.23. The number of thioether (sulfide) groups is 1. The quantitative estimate of drug-likeness (QED) is 0.795. The molecule has 0 saturated carbocycles. The van der Waals surface area contributed by atoms with E-state index in [2.05, 4.69) is 0 Å². The van der Waals surface area contributed by atoms with Crippen molar-refractivity contribution in [2.24, 2.45) is 5.73 Å². The number of carboxylic acids is 1. The number of hydrogen-bond donors (Lipinski definition) is 2. The molecule has 1 aromatic rings. The van der Waals surface area contributed by atoms with Crippen molar-refractivity contribution in [1.82, 2.24) is 0 Å². The molecule has 0 saturated heterocycles. The van der Waals surface area contributed by atoms with Crippen LogP contribution in [0.5, 0.6) is 11.5 Å². The molecule has 17 heavy (non-hydrogen) atoms. The summed E-state index contributed by atoms with van der Waals surface area (Å²) in [5, 5.41) is 8.76. The molecule has 92 valence electrons. The van der Waals surface area contributed by atoms with E-state index in [0.717, 1.165) is 10.5 Å². The summed E-state index contributed by atoms with van der Waals surface area (Å²) in [6.07, 6.45) is 1.79. The normalized spacial score (nSPS) is 14.7. The van der Waals surface area contributed by atoms with Crippen molar-refractivity contribution in [2.45, 2.75) is 17.4 Å². The first-order chi connectivity index (χ1) is 8.13. The standard InChI is InChI=1S/C11H13NO4S/c1-17-11-6(7(12)4-9(13)14)2-3-8-10(11)16-5-15-8/h2-3,7H,4-5,12H2,1H3,(H,13,14). The molecule has 1 aliphatic rings. The number of rotatable bonds is 4. The summed E-state index contributed by atoms with van der Waals surface area (Å²) < 4.78 is 10.6. The Morgan fingerprint density at radius 2 is 2.35 bits per heavy atom. The second-order valence-electron chi connectivity index (χ2n) is 3.63. The molecule has 5 nitrogen and oxygen atoms in total. The molecule has 0 bridgehead atoms. The number of ether oxygens (including phenoxy) is 2. The number of fused-ring (bicyclic) bond motifs is 1. The summed E-state index contributed by atoms with van der Waals surface area (Å²) in [7, 11) is 0. The van der Waals surface area contributed by atoms with Gasteiger partial charge in [0, 0.05) is 6.04 Å². The Morgan fingerprint density at radius 3 is 3.00 bits per heavy atom. The molecule has 1 unspecified atom stereocenters. The number of benzene rings is 1. The van der Waals surface area contributed by atoms with E-state index in [1.54, 1.807) is 12.1 Å². The fourth-order valence-corrected chi connectivity index (χ4v) is 2.56. The minimum Gasteiger partial charge on any atom is -0.481 e. The van der Waals surface area contributed by atoms with Gasteiger partial charge in [0.25, 0.3) is 0 Å². The van der Waals surface area contributed by atoms with Crippen molar-refractivity contribution in [1.29, 1.82) is 0 Å². The van der Waals surface area contributed by atoms with Crippen LogP contribution in [0.4, 0.5) is 0 Å². The molecule has 1 heterocycles. The molecular weight excluding hydrogens is 242 g/mol. The van der Waals surface area contributed by atoms with E-state index in [9.17, 15) is 4.79 Å². The van der Waals surface area contributed by atoms with E-state index in [4.69, 9.17) is 20.3 Å². The highest BCUT2D eigenvalue weighted by atomic mass is 32.2. The van der Waals surface area contributed by atoms with Crippen molar-refractivity contribution in [3.8, 4) is 11.5 Å². The Labute approximate surface area is 103 Å². The highest BCUT2D eigenvalue weighted by molar-refractivity contribution is 7.98. The minimum absolute atomic E-state index is 0.104. The van der Waals surface area contributed by atoms with Gasteiger partial charge in [0.05, 0.1) is 11.3 Å². The maximum absolute atomic E-state index is 10.7. The van der Waals surface area contributed by atoms with Crippen LogP contribution in [0, 0.1) is 0 Å². The Kier molecular flexibility index (Phi) is 3.44. The first-order valence-electron chi connectivity index (χ1n) is 5.07. The molecule has 0 aromatic heterocycles. The number of nitrogens with two attached hydrogens (primary N) is 1. The van der Waals surface area contributed by atoms with E-state index >= 15 is 0 Å². The third-order valence-electron chi connectivity index (χ3n) is 2.52. The number of hydrogen-bond acceptors (Lipinski definition) is 5. The van der Waals surface area contributed by atoms with E-state index < -0.39 is 12.0 Å². The molecule has 1 atom stereocenters. The Balaban J connectivity index is 2.37. The Bertz CT molecular complexity index is 449. The largest absolute Gasteiger partial charge is 0.481 e. The van der Waals surface area contributed by atoms with Gasteiger partial charge in [0.1, 0.15) is 0 Å². The van der Waals surface area contributed by atoms with Crippen molar-refractivity contribution in [3.63, 3.8) is 0 Å². The molecular formula is C11H13NO4S. The van der Waals surface area contributed by atoms with Gasteiger partial charge in [-0.05, 0) is 17.9 Å². The first kappa shape index (κ1) is 12.1. The van der Waals surface area contributed by atoms with Crippen LogP contribution in [-0.4, -0.2) is 24.1 Å². The van der Waals surface area contributed by atoms with Gasteiger partial charge in [-0.2, -0.15) is 0 Å². The lowest BCUT2D eigenvalue weighted by Crippen LogP contribution is -2.15. The molecule has 0 aliphatic carbocycles. The van der Waals surface area contributed by atoms with Gasteiger partial charge in [0.2, 0.25) is 6.79 Å². The third-order valence-corrected chi connectivity index (χ3v) is 3.35. The zero-order valence-electron chi connectivity index (χ0n) is 9.30. The van der Waals surface area contributed by atoms with Crippen LogP contribution in [-0.2, 0) is 4.79 Å². The van der Waals surface area contributed by atoms with Crippen molar-refractivity contribution in [2.75, 3.05) is 13.0 Å². The summed E-state index contributed by atoms with van der Waals surface area (Å²) in [5.74, 6) is 0.429. The molecule has 3 N–H and O–H groups in total. The van der Waals surface area contributed by atoms with Crippen LogP contribution >= 0.6 is 11.8 Å². The van der Waals surface area contributed by atoms with Crippen molar-refractivity contribution >= 4 is 17.7 Å². The fourth-order valence-electron chi connectivity index (χ4n) is 1.76. The molecule has 6 heteroatoms. The van der Waals surface area contributed by atoms with Crippen LogP contribution in [0.25, 0.3) is 0 Å². The fraction of sp³-hybridized carbons (Fsp3) is 0.364. The SMILES string of the molecule is CSc1c(C(N)CC(=O)O)ccc2c1OCO2. The van der Waals surface area contributed by atoms with Gasteiger partial charge in [-0.3, -0.25) is 4.79 Å². The zero-order valence-corrected chi connectivity index (χ0v) is 10.1. The maximum Gasteiger partial charge on any atom is 0.305 e. The minimum atomic E-state index is -0.915. The molecule has 1 aromatic carbocycles. The average molecular weight is 255 g/mol. The van der Waals surface area contributed by atoms with Gasteiger partial charge >= 0.3 is 5.97 Å². The lowest BCUT2D eigenvalue weighted by Gasteiger charge is -2.15. The number of carbonyl (C=O) groups is 1. The monoisotopic (exact) mass is 255 g/mol. The predicted octanol–water partition coefficient (Wildman–Crippen LogP) is 1.61. The van der Waals surface area contributed by atoms with Gasteiger partial charge in [-0.25, -0.2) is 0 Å². The molecule has 0 spiro atoms. The Morgan fingerprint density at radius 1 is 1.59 bits per heavy atom. The molecule has 0 amide bonds. The maximum atomic E-state index is 10.7. The lowest BCUT2D eigenvalue weighted by atomic mass is 10.0. The molecule has 0 fully saturated rings. The summed E-state index contributed by atoms with van der Waals surface area (Å²) in [4.78, 5) is 11.5. The topological polar surface area (TPSA) is 81.8 Å². The molecule has 2 rings (SSSR count). The van der Waals surface area contributed by atoms with E-state index in [-0.39, 0.29) is 13.2 Å². The number of aliphatic carboxylic acids is 1. The molecule has 0 radical (unpaired) electrons. The summed E-state index contributed by atoms with van der Waals surface area (Å²) in [6, 6.07) is 3.02. The van der Waals surface area contributed by atoms with Gasteiger partial charge in [-0.1, -0.05) is 6.07 Å². The van der Waals surface area contributed by atoms with Crippen molar-refractivity contribution in [3.05, 3.63) is 17.7 Å². The van der Waals surface area contributed by atoms with E-state index in [1.807, 2.05) is 6.26 Å². The summed E-state index contributed by atoms with van der Waals surface area (Å²) in [5.41, 5.74) is 6.66. The van der Waals surface area contributed by atoms with Gasteiger partial charge in [0.15, 0.2) is 11.5 Å². The Hall–Kier alpha value is -1.40. The van der Waals surface area contributed by atoms with Gasteiger partial charge in [-0.15, -0.1) is 11.8 Å². The average Bonchev–Trinajstić information content (AvgIpc) is 2.74. The van der Waals surface area contributed by atoms with Crippen LogP contribution in [0.15, 0.2) is 17.0 Å². The van der Waals surface area contributed by atoms with E-state index in [1.165, 1.54) is 11.8 Å². The van der Waals surface area contributed by atoms with Gasteiger partial charge < -0.3 is 20.3 Å². The lowest BCUT2D eigenvalue weighted by molar-refractivity contribution is -0.137. The number of carboxylic acid groups (broad SMARTS) is 1. The second-order valence-corrected chi connectivity index (χ2v) is 4.44. The second kappa shape index (κ2) is 4.85. The highest BCUT2D eigenvalue weighted by Crippen LogP contribution is 2.44. The van der Waals surface area contributed by atoms with Crippen LogP contribution in [0.2, 0.25) is 0 Å². The third kappa shape index (κ3) is 2.32. The zero-order chi connectivity index (χ0) is 12.4. The van der Waals surface area contributed by atoms with E-state index in [0.29, 0.717) is 11.5 Å². The van der Waals surface area contributed by atoms with Crippen molar-refractivity contribution < 1.29 is 19.4 Å². The summed E-state index contributed by atoms with van der Waals surface area (Å²) >= 11 is 1.48. The van der Waals surface area contributed by atoms with Crippen LogP contribution in [0.3, 0.4) is 0 Å². The van der Waals surface area contributed by atoms with Crippen LogP contribution in [0.1, 0.15) is 18.0 Å². The van der Waals surface area contributed by atoms with Crippen LogP contribution < -0.4 is 15.2 Å². The first-order valence-corrected chi connectivity index (χ1v) is 6.29. The smallest absolute Gasteiger partial charge is 0.305 e. The summed E-state index contributed by atoms with van der Waals surface area (Å²) in [6.45, 7) is 0.195.